The number of hydrogen-bond acceptors (Lipinski definition) is 3. The van der Waals surface area contributed by atoms with Gasteiger partial charge in [0.2, 0.25) is 0 Å². The van der Waals surface area contributed by atoms with Crippen LogP contribution >= 0.6 is 0 Å². The van der Waals surface area contributed by atoms with E-state index in [4.69, 9.17) is 4.74 Å². The van der Waals surface area contributed by atoms with Crippen LogP contribution in [0, 0.1) is 0 Å². The van der Waals surface area contributed by atoms with Crippen LogP contribution in [0.4, 0.5) is 0 Å². The molecular formula is C11H19N3O. The SMILES string of the molecule is c1cn(CCCOC2CCNCC2)cn1. The molecule has 4 nitrogen and oxygen atoms in total. The molecule has 0 unspecified atom stereocenters. The van der Waals surface area contributed by atoms with Crippen molar-refractivity contribution in [2.24, 2.45) is 0 Å². The van der Waals surface area contributed by atoms with Crippen LogP contribution in [0.15, 0.2) is 18.7 Å². The lowest BCUT2D eigenvalue weighted by molar-refractivity contribution is 0.0301. The molecule has 1 saturated heterocycles. The molecule has 2 rings (SSSR count). The number of rotatable bonds is 5. The van der Waals surface area contributed by atoms with Crippen LogP contribution in [0.25, 0.3) is 0 Å². The van der Waals surface area contributed by atoms with Gasteiger partial charge >= 0.3 is 0 Å². The highest BCUT2D eigenvalue weighted by Gasteiger charge is 2.12. The van der Waals surface area contributed by atoms with Crippen molar-refractivity contribution in [1.29, 1.82) is 0 Å². The summed E-state index contributed by atoms with van der Waals surface area (Å²) < 4.78 is 7.90. The molecule has 0 aromatic carbocycles. The fraction of sp³-hybridized carbons (Fsp3) is 0.727. The van der Waals surface area contributed by atoms with Crippen LogP contribution in [0.2, 0.25) is 0 Å². The lowest BCUT2D eigenvalue weighted by atomic mass is 10.1. The van der Waals surface area contributed by atoms with Crippen molar-refractivity contribution >= 4 is 0 Å². The van der Waals surface area contributed by atoms with Crippen LogP contribution in [-0.2, 0) is 11.3 Å². The van der Waals surface area contributed by atoms with Crippen molar-refractivity contribution in [3.63, 3.8) is 0 Å². The van der Waals surface area contributed by atoms with E-state index in [-0.39, 0.29) is 0 Å². The van der Waals surface area contributed by atoms with Gasteiger partial charge in [-0.25, -0.2) is 4.98 Å². The molecule has 0 radical (unpaired) electrons. The second-order valence-corrected chi connectivity index (χ2v) is 3.97. The van der Waals surface area contributed by atoms with Crippen LogP contribution in [0.3, 0.4) is 0 Å². The van der Waals surface area contributed by atoms with Gasteiger partial charge in [0.15, 0.2) is 0 Å². The van der Waals surface area contributed by atoms with Gasteiger partial charge in [0.05, 0.1) is 12.4 Å². The zero-order valence-corrected chi connectivity index (χ0v) is 9.06. The van der Waals surface area contributed by atoms with Gasteiger partial charge in [0, 0.05) is 25.5 Å². The predicted molar refractivity (Wildman–Crippen MR) is 58.7 cm³/mol. The Balaban J connectivity index is 1.54. The molecule has 15 heavy (non-hydrogen) atoms. The third-order valence-corrected chi connectivity index (χ3v) is 2.76. The monoisotopic (exact) mass is 209 g/mol. The molecule has 1 aliphatic heterocycles. The second-order valence-electron chi connectivity index (χ2n) is 3.97. The molecule has 0 atom stereocenters. The van der Waals surface area contributed by atoms with Crippen molar-refractivity contribution in [3.8, 4) is 0 Å². The molecule has 4 heteroatoms. The van der Waals surface area contributed by atoms with Gasteiger partial charge in [0.1, 0.15) is 0 Å². The summed E-state index contributed by atoms with van der Waals surface area (Å²) in [5.41, 5.74) is 0. The van der Waals surface area contributed by atoms with Gasteiger partial charge in [0.25, 0.3) is 0 Å². The first-order chi connectivity index (χ1) is 7.45. The highest BCUT2D eigenvalue weighted by atomic mass is 16.5. The molecule has 0 aliphatic carbocycles. The standard InChI is InChI=1S/C11H19N3O/c1(7-14-8-6-13-10-14)9-15-11-2-4-12-5-3-11/h6,8,10-12H,1-5,7,9H2. The van der Waals surface area contributed by atoms with E-state index in [1.165, 1.54) is 0 Å². The number of piperidine rings is 1. The van der Waals surface area contributed by atoms with Gasteiger partial charge in [-0.15, -0.1) is 0 Å². The van der Waals surface area contributed by atoms with Crippen molar-refractivity contribution in [2.75, 3.05) is 19.7 Å². The maximum Gasteiger partial charge on any atom is 0.0945 e. The lowest BCUT2D eigenvalue weighted by Gasteiger charge is -2.22. The summed E-state index contributed by atoms with van der Waals surface area (Å²) in [5, 5.41) is 3.34. The normalized spacial score (nSPS) is 18.1. The van der Waals surface area contributed by atoms with Gasteiger partial charge in [-0.1, -0.05) is 0 Å². The van der Waals surface area contributed by atoms with Crippen LogP contribution in [0.1, 0.15) is 19.3 Å². The molecule has 0 spiro atoms. The third-order valence-electron chi connectivity index (χ3n) is 2.76. The van der Waals surface area contributed by atoms with Gasteiger partial charge in [-0.05, 0) is 32.4 Å². The molecule has 1 fully saturated rings. The Kier molecular flexibility index (Phi) is 4.17. The maximum atomic E-state index is 5.81. The zero-order chi connectivity index (χ0) is 10.3. The first kappa shape index (κ1) is 10.6. The fourth-order valence-electron chi connectivity index (χ4n) is 1.88. The fourth-order valence-corrected chi connectivity index (χ4v) is 1.88. The Morgan fingerprint density at radius 3 is 3.00 bits per heavy atom. The van der Waals surface area contributed by atoms with Crippen molar-refractivity contribution in [3.05, 3.63) is 18.7 Å². The van der Waals surface area contributed by atoms with E-state index in [1.54, 1.807) is 0 Å². The Bertz CT molecular complexity index is 255. The molecule has 1 aromatic heterocycles. The molecule has 84 valence electrons. The number of nitrogens with zero attached hydrogens (tertiary/aromatic N) is 2. The van der Waals surface area contributed by atoms with E-state index >= 15 is 0 Å². The molecule has 0 bridgehead atoms. The summed E-state index contributed by atoms with van der Waals surface area (Å²) in [6.07, 6.45) is 9.52. The molecular weight excluding hydrogens is 190 g/mol. The zero-order valence-electron chi connectivity index (χ0n) is 9.06. The highest BCUT2D eigenvalue weighted by molar-refractivity contribution is 4.73. The average Bonchev–Trinajstić information content (AvgIpc) is 2.79. The van der Waals surface area contributed by atoms with Gasteiger partial charge < -0.3 is 14.6 Å². The second kappa shape index (κ2) is 5.88. The van der Waals surface area contributed by atoms with E-state index in [9.17, 15) is 0 Å². The smallest absolute Gasteiger partial charge is 0.0945 e. The first-order valence-corrected chi connectivity index (χ1v) is 5.73. The number of aromatic nitrogens is 2. The summed E-state index contributed by atoms with van der Waals surface area (Å²) in [7, 11) is 0. The maximum absolute atomic E-state index is 5.81. The molecule has 2 heterocycles. The predicted octanol–water partition coefficient (Wildman–Crippen LogP) is 1.04. The molecule has 0 amide bonds. The van der Waals surface area contributed by atoms with E-state index in [0.717, 1.165) is 45.5 Å². The van der Waals surface area contributed by atoms with E-state index in [2.05, 4.69) is 14.9 Å². The topological polar surface area (TPSA) is 39.1 Å². The van der Waals surface area contributed by atoms with Crippen LogP contribution < -0.4 is 5.32 Å². The summed E-state index contributed by atoms with van der Waals surface area (Å²) in [6.45, 7) is 4.08. The average molecular weight is 209 g/mol. The Hall–Kier alpha value is -0.870. The van der Waals surface area contributed by atoms with Crippen molar-refractivity contribution in [1.82, 2.24) is 14.9 Å². The van der Waals surface area contributed by atoms with E-state index in [1.807, 2.05) is 18.7 Å². The van der Waals surface area contributed by atoms with E-state index < -0.39 is 0 Å². The molecule has 0 saturated carbocycles. The summed E-state index contributed by atoms with van der Waals surface area (Å²) in [6, 6.07) is 0. The van der Waals surface area contributed by atoms with E-state index in [0.29, 0.717) is 6.10 Å². The highest BCUT2D eigenvalue weighted by Crippen LogP contribution is 2.07. The largest absolute Gasteiger partial charge is 0.378 e. The Morgan fingerprint density at radius 1 is 1.40 bits per heavy atom. The number of imidazole rings is 1. The van der Waals surface area contributed by atoms with Crippen molar-refractivity contribution < 1.29 is 4.74 Å². The summed E-state index contributed by atoms with van der Waals surface area (Å²) in [5.74, 6) is 0. The van der Waals surface area contributed by atoms with Gasteiger partial charge in [-0.2, -0.15) is 0 Å². The summed E-state index contributed by atoms with van der Waals surface area (Å²) >= 11 is 0. The van der Waals surface area contributed by atoms with Crippen molar-refractivity contribution in [2.45, 2.75) is 31.9 Å². The Labute approximate surface area is 90.6 Å². The molecule has 1 aromatic rings. The van der Waals surface area contributed by atoms with Crippen LogP contribution in [-0.4, -0.2) is 35.4 Å². The minimum absolute atomic E-state index is 0.481. The lowest BCUT2D eigenvalue weighted by Crippen LogP contribution is -2.32. The molecule has 1 aliphatic rings. The number of hydrogen-bond donors (Lipinski definition) is 1. The quantitative estimate of drug-likeness (QED) is 0.736. The Morgan fingerprint density at radius 2 is 2.27 bits per heavy atom. The molecule has 1 N–H and O–H groups in total. The number of nitrogens with one attached hydrogen (secondary N) is 1. The summed E-state index contributed by atoms with van der Waals surface area (Å²) in [4.78, 5) is 4.00. The first-order valence-electron chi connectivity index (χ1n) is 5.73. The number of aryl methyl sites for hydroxylation is 1. The van der Waals surface area contributed by atoms with Gasteiger partial charge in [-0.3, -0.25) is 0 Å². The van der Waals surface area contributed by atoms with Crippen LogP contribution in [0.5, 0.6) is 0 Å². The third kappa shape index (κ3) is 3.64. The minimum atomic E-state index is 0.481. The minimum Gasteiger partial charge on any atom is -0.378 e. The number of ether oxygens (including phenoxy) is 1.